The van der Waals surface area contributed by atoms with E-state index in [0.29, 0.717) is 12.2 Å². The van der Waals surface area contributed by atoms with E-state index in [4.69, 9.17) is 10.00 Å². The lowest BCUT2D eigenvalue weighted by Crippen LogP contribution is -1.99. The van der Waals surface area contributed by atoms with Gasteiger partial charge in [0.15, 0.2) is 5.16 Å². The molecule has 0 amide bonds. The van der Waals surface area contributed by atoms with Crippen molar-refractivity contribution in [3.8, 4) is 11.8 Å². The molecular weight excluding hydrogens is 270 g/mol. The Morgan fingerprint density at radius 3 is 3.05 bits per heavy atom. The second kappa shape index (κ2) is 7.51. The van der Waals surface area contributed by atoms with Gasteiger partial charge in [0.05, 0.1) is 18.2 Å². The van der Waals surface area contributed by atoms with Crippen LogP contribution in [-0.2, 0) is 0 Å². The summed E-state index contributed by atoms with van der Waals surface area (Å²) in [5.41, 5.74) is 1.59. The van der Waals surface area contributed by atoms with Gasteiger partial charge in [-0.2, -0.15) is 5.26 Å². The number of benzene rings is 1. The summed E-state index contributed by atoms with van der Waals surface area (Å²) in [6.45, 7) is 2.57. The van der Waals surface area contributed by atoms with E-state index in [1.807, 2.05) is 25.1 Å². The molecule has 4 nitrogen and oxygen atoms in total. The molecule has 102 valence electrons. The highest BCUT2D eigenvalue weighted by Gasteiger charge is 1.99. The zero-order valence-electron chi connectivity index (χ0n) is 11.2. The predicted molar refractivity (Wildman–Crippen MR) is 78.8 cm³/mol. The van der Waals surface area contributed by atoms with E-state index < -0.39 is 0 Å². The van der Waals surface area contributed by atoms with Gasteiger partial charge in [0.1, 0.15) is 5.75 Å². The van der Waals surface area contributed by atoms with E-state index in [1.54, 1.807) is 30.1 Å². The average molecular weight is 285 g/mol. The Labute approximate surface area is 122 Å². The number of nitriles is 1. The largest absolute Gasteiger partial charge is 0.494 e. The number of aromatic nitrogens is 2. The molecule has 0 saturated carbocycles. The molecule has 20 heavy (non-hydrogen) atoms. The summed E-state index contributed by atoms with van der Waals surface area (Å²) in [4.78, 5) is 8.52. The summed E-state index contributed by atoms with van der Waals surface area (Å²) in [7, 11) is 0. The third-order valence-electron chi connectivity index (χ3n) is 2.52. The highest BCUT2D eigenvalue weighted by Crippen LogP contribution is 2.15. The Hall–Kier alpha value is -2.06. The molecule has 0 atom stereocenters. The topological polar surface area (TPSA) is 58.8 Å². The zero-order chi connectivity index (χ0) is 14.2. The summed E-state index contributed by atoms with van der Waals surface area (Å²) >= 11 is 1.62. The molecule has 2 rings (SSSR count). The minimum Gasteiger partial charge on any atom is -0.494 e. The van der Waals surface area contributed by atoms with Crippen LogP contribution in [0, 0.1) is 18.3 Å². The van der Waals surface area contributed by atoms with Gasteiger partial charge in [-0.15, -0.1) is 0 Å². The zero-order valence-corrected chi connectivity index (χ0v) is 12.1. The van der Waals surface area contributed by atoms with Crippen LogP contribution in [0.4, 0.5) is 0 Å². The second-order valence-corrected chi connectivity index (χ2v) is 5.23. The highest BCUT2D eigenvalue weighted by atomic mass is 32.2. The molecule has 0 spiro atoms. The molecule has 0 fully saturated rings. The average Bonchev–Trinajstić information content (AvgIpc) is 2.47. The number of hydrogen-bond acceptors (Lipinski definition) is 5. The van der Waals surface area contributed by atoms with Crippen molar-refractivity contribution in [2.45, 2.75) is 18.5 Å². The lowest BCUT2D eigenvalue weighted by atomic mass is 10.2. The minimum absolute atomic E-state index is 0.616. The molecule has 0 bridgehead atoms. The quantitative estimate of drug-likeness (QED) is 0.463. The fourth-order valence-corrected chi connectivity index (χ4v) is 2.35. The third-order valence-corrected chi connectivity index (χ3v) is 3.47. The lowest BCUT2D eigenvalue weighted by Gasteiger charge is -2.06. The molecule has 0 aliphatic carbocycles. The summed E-state index contributed by atoms with van der Waals surface area (Å²) in [6.07, 6.45) is 2.67. The fraction of sp³-hybridized carbons (Fsp3) is 0.267. The van der Waals surface area contributed by atoms with Crippen molar-refractivity contribution in [3.63, 3.8) is 0 Å². The van der Waals surface area contributed by atoms with E-state index in [0.717, 1.165) is 28.8 Å². The van der Waals surface area contributed by atoms with Crippen molar-refractivity contribution in [1.82, 2.24) is 9.97 Å². The monoisotopic (exact) mass is 285 g/mol. The van der Waals surface area contributed by atoms with Gasteiger partial charge in [0, 0.05) is 17.6 Å². The molecule has 1 aromatic carbocycles. The molecule has 2 aromatic rings. The highest BCUT2D eigenvalue weighted by molar-refractivity contribution is 7.99. The van der Waals surface area contributed by atoms with Crippen LogP contribution in [0.3, 0.4) is 0 Å². The van der Waals surface area contributed by atoms with Gasteiger partial charge in [-0.3, -0.25) is 0 Å². The first-order valence-electron chi connectivity index (χ1n) is 6.33. The second-order valence-electron chi connectivity index (χ2n) is 4.17. The normalized spacial score (nSPS) is 10.0. The van der Waals surface area contributed by atoms with Gasteiger partial charge in [-0.25, -0.2) is 9.97 Å². The SMILES string of the molecule is Cc1ccnc(SCCCOc2cccc(C#N)c2)n1. The van der Waals surface area contributed by atoms with Gasteiger partial charge >= 0.3 is 0 Å². The Balaban J connectivity index is 1.70. The van der Waals surface area contributed by atoms with Crippen molar-refractivity contribution in [2.75, 3.05) is 12.4 Å². The number of hydrogen-bond donors (Lipinski definition) is 0. The van der Waals surface area contributed by atoms with E-state index >= 15 is 0 Å². The first-order valence-corrected chi connectivity index (χ1v) is 7.32. The van der Waals surface area contributed by atoms with E-state index in [1.165, 1.54) is 0 Å². The van der Waals surface area contributed by atoms with Crippen LogP contribution in [0.15, 0.2) is 41.7 Å². The van der Waals surface area contributed by atoms with Crippen molar-refractivity contribution in [1.29, 1.82) is 5.26 Å². The molecule has 0 aliphatic heterocycles. The molecule has 0 N–H and O–H groups in total. The van der Waals surface area contributed by atoms with Crippen LogP contribution < -0.4 is 4.74 Å². The summed E-state index contributed by atoms with van der Waals surface area (Å²) < 4.78 is 5.60. The number of thioether (sulfide) groups is 1. The van der Waals surface area contributed by atoms with Crippen molar-refractivity contribution in [2.24, 2.45) is 0 Å². The Kier molecular flexibility index (Phi) is 5.39. The molecular formula is C15H15N3OS. The lowest BCUT2D eigenvalue weighted by molar-refractivity contribution is 0.318. The molecule has 1 aromatic heterocycles. The first-order chi connectivity index (χ1) is 9.78. The molecule has 0 radical (unpaired) electrons. The summed E-state index contributed by atoms with van der Waals surface area (Å²) in [6, 6.07) is 11.2. The third kappa shape index (κ3) is 4.56. The van der Waals surface area contributed by atoms with E-state index in [9.17, 15) is 0 Å². The number of aryl methyl sites for hydroxylation is 1. The summed E-state index contributed by atoms with van der Waals surface area (Å²) in [5, 5.41) is 9.60. The molecule has 0 unspecified atom stereocenters. The van der Waals surface area contributed by atoms with E-state index in [2.05, 4.69) is 16.0 Å². The smallest absolute Gasteiger partial charge is 0.187 e. The first kappa shape index (κ1) is 14.4. The van der Waals surface area contributed by atoms with Crippen LogP contribution >= 0.6 is 11.8 Å². The minimum atomic E-state index is 0.616. The van der Waals surface area contributed by atoms with Crippen molar-refractivity contribution >= 4 is 11.8 Å². The van der Waals surface area contributed by atoms with Gasteiger partial charge in [-0.05, 0) is 37.6 Å². The molecule has 5 heteroatoms. The van der Waals surface area contributed by atoms with Gasteiger partial charge < -0.3 is 4.74 Å². The number of rotatable bonds is 6. The van der Waals surface area contributed by atoms with E-state index in [-0.39, 0.29) is 0 Å². The van der Waals surface area contributed by atoms with Crippen LogP contribution in [0.5, 0.6) is 5.75 Å². The number of ether oxygens (including phenoxy) is 1. The Morgan fingerprint density at radius 1 is 1.35 bits per heavy atom. The maximum atomic E-state index is 8.80. The number of nitrogens with zero attached hydrogens (tertiary/aromatic N) is 3. The molecule has 0 saturated heterocycles. The van der Waals surface area contributed by atoms with Gasteiger partial charge in [-0.1, -0.05) is 17.8 Å². The van der Waals surface area contributed by atoms with Crippen LogP contribution in [0.25, 0.3) is 0 Å². The van der Waals surface area contributed by atoms with Gasteiger partial charge in [0.25, 0.3) is 0 Å². The Bertz CT molecular complexity index is 610. The fourth-order valence-electron chi connectivity index (χ4n) is 1.56. The Morgan fingerprint density at radius 2 is 2.25 bits per heavy atom. The predicted octanol–water partition coefficient (Wildman–Crippen LogP) is 3.22. The summed E-state index contributed by atoms with van der Waals surface area (Å²) in [5.74, 6) is 1.64. The maximum absolute atomic E-state index is 8.80. The maximum Gasteiger partial charge on any atom is 0.187 e. The van der Waals surface area contributed by atoms with Crippen LogP contribution in [0.1, 0.15) is 17.7 Å². The van der Waals surface area contributed by atoms with Crippen molar-refractivity contribution in [3.05, 3.63) is 47.8 Å². The van der Waals surface area contributed by atoms with Crippen LogP contribution in [0.2, 0.25) is 0 Å². The standard InChI is InChI=1S/C15H15N3OS/c1-12-6-7-17-15(18-12)20-9-3-8-19-14-5-2-4-13(10-14)11-16/h2,4-7,10H,3,8-9H2,1H3. The van der Waals surface area contributed by atoms with Crippen LogP contribution in [-0.4, -0.2) is 22.3 Å². The molecule has 0 aliphatic rings. The molecule has 1 heterocycles. The van der Waals surface area contributed by atoms with Gasteiger partial charge in [0.2, 0.25) is 0 Å². The van der Waals surface area contributed by atoms with Crippen molar-refractivity contribution < 1.29 is 4.74 Å².